The molecule has 0 saturated heterocycles. The molecule has 0 aliphatic heterocycles. The molecule has 38 heavy (non-hydrogen) atoms. The number of aromatic nitrogens is 1. The van der Waals surface area contributed by atoms with Crippen LogP contribution in [0.5, 0.6) is 5.75 Å². The summed E-state index contributed by atoms with van der Waals surface area (Å²) in [6.45, 7) is 0. The molecule has 5 aromatic rings. The van der Waals surface area contributed by atoms with Crippen molar-refractivity contribution < 1.29 is 23.2 Å². The van der Waals surface area contributed by atoms with Gasteiger partial charge in [0, 0.05) is 22.6 Å². The number of oxazole rings is 1. The van der Waals surface area contributed by atoms with Crippen molar-refractivity contribution in [2.45, 2.75) is 11.0 Å². The Morgan fingerprint density at radius 3 is 2.63 bits per heavy atom. The van der Waals surface area contributed by atoms with Crippen LogP contribution in [0.1, 0.15) is 32.0 Å². The van der Waals surface area contributed by atoms with Crippen LogP contribution < -0.4 is 15.5 Å². The number of nitrogens with zero attached hydrogens (tertiary/aromatic N) is 2. The van der Waals surface area contributed by atoms with Gasteiger partial charge in [0.05, 0.1) is 19.6 Å². The van der Waals surface area contributed by atoms with Crippen LogP contribution in [0.4, 0.5) is 5.69 Å². The molecule has 0 bridgehead atoms. The molecule has 2 N–H and O–H groups in total. The average Bonchev–Trinajstić information content (AvgIpc) is 3.63. The van der Waals surface area contributed by atoms with Crippen molar-refractivity contribution in [1.29, 1.82) is 0 Å². The Balaban J connectivity index is 1.18. The molecule has 0 aliphatic carbocycles. The van der Waals surface area contributed by atoms with Gasteiger partial charge < -0.3 is 18.9 Å². The number of methoxy groups -OCH3 is 1. The number of furan rings is 1. The normalized spacial score (nSPS) is 11.1. The molecular weight excluding hydrogens is 504 g/mol. The van der Waals surface area contributed by atoms with Gasteiger partial charge in [-0.15, -0.1) is 0 Å². The number of fused-ring (bicyclic) bond motifs is 1. The molecule has 5 rings (SSSR count). The number of benzene rings is 3. The van der Waals surface area contributed by atoms with Crippen molar-refractivity contribution in [1.82, 2.24) is 10.4 Å². The molecule has 0 spiro atoms. The van der Waals surface area contributed by atoms with Gasteiger partial charge in [-0.25, -0.2) is 10.4 Å². The molecule has 2 aromatic heterocycles. The molecule has 0 aliphatic rings. The standard InChI is InChI=1S/C28H22N4O5S/c1-35-23-13-8-18(15-20(23)17-38-28-31-22-5-2-3-6-24(22)37-28)16-29-32-26(33)19-9-11-21(12-10-19)30-27(34)25-7-4-14-36-25/h2-16H,17H2,1H3,(H,30,34)(H,32,33)/b29-16+. The zero-order chi connectivity index (χ0) is 26.3. The molecule has 10 heteroatoms. The van der Waals surface area contributed by atoms with Crippen molar-refractivity contribution in [3.8, 4) is 5.75 Å². The molecule has 2 amide bonds. The van der Waals surface area contributed by atoms with Gasteiger partial charge in [-0.3, -0.25) is 9.59 Å². The number of anilines is 1. The van der Waals surface area contributed by atoms with Gasteiger partial charge in [0.25, 0.3) is 17.0 Å². The maximum Gasteiger partial charge on any atom is 0.291 e. The second kappa shape index (κ2) is 11.5. The third-order valence-corrected chi connectivity index (χ3v) is 6.34. The average molecular weight is 527 g/mol. The fourth-order valence-electron chi connectivity index (χ4n) is 3.58. The van der Waals surface area contributed by atoms with Crippen LogP contribution in [0.25, 0.3) is 11.1 Å². The molecular formula is C28H22N4O5S. The van der Waals surface area contributed by atoms with Gasteiger partial charge in [-0.2, -0.15) is 5.10 Å². The summed E-state index contributed by atoms with van der Waals surface area (Å²) in [7, 11) is 1.62. The van der Waals surface area contributed by atoms with E-state index in [4.69, 9.17) is 13.6 Å². The van der Waals surface area contributed by atoms with E-state index >= 15 is 0 Å². The van der Waals surface area contributed by atoms with Crippen molar-refractivity contribution in [2.75, 3.05) is 12.4 Å². The number of para-hydroxylation sites is 2. The minimum Gasteiger partial charge on any atom is -0.496 e. The third kappa shape index (κ3) is 5.93. The number of amides is 2. The van der Waals surface area contributed by atoms with Gasteiger partial charge in [0.15, 0.2) is 11.3 Å². The second-order valence-corrected chi connectivity index (χ2v) is 8.94. The van der Waals surface area contributed by atoms with E-state index in [2.05, 4.69) is 20.8 Å². The monoisotopic (exact) mass is 526 g/mol. The van der Waals surface area contributed by atoms with E-state index in [-0.39, 0.29) is 17.6 Å². The molecule has 0 unspecified atom stereocenters. The van der Waals surface area contributed by atoms with Crippen molar-refractivity contribution >= 4 is 46.6 Å². The number of rotatable bonds is 9. The predicted molar refractivity (Wildman–Crippen MR) is 145 cm³/mol. The van der Waals surface area contributed by atoms with Crippen LogP contribution in [0, 0.1) is 0 Å². The molecule has 2 heterocycles. The van der Waals surface area contributed by atoms with Gasteiger partial charge in [0.2, 0.25) is 0 Å². The summed E-state index contributed by atoms with van der Waals surface area (Å²) >= 11 is 1.46. The number of hydrazone groups is 1. The lowest BCUT2D eigenvalue weighted by Crippen LogP contribution is -2.17. The number of thioether (sulfide) groups is 1. The van der Waals surface area contributed by atoms with Crippen LogP contribution in [-0.2, 0) is 5.75 Å². The number of hydrogen-bond acceptors (Lipinski definition) is 8. The summed E-state index contributed by atoms with van der Waals surface area (Å²) in [6.07, 6.45) is 2.98. The SMILES string of the molecule is COc1ccc(/C=N/NC(=O)c2ccc(NC(=O)c3ccco3)cc2)cc1CSc1nc2ccccc2o1. The molecule has 0 radical (unpaired) electrons. The Hall–Kier alpha value is -4.83. The zero-order valence-corrected chi connectivity index (χ0v) is 21.0. The number of nitrogens with one attached hydrogen (secondary N) is 2. The van der Waals surface area contributed by atoms with E-state index in [1.165, 1.54) is 18.0 Å². The quantitative estimate of drug-likeness (QED) is 0.143. The van der Waals surface area contributed by atoms with Gasteiger partial charge in [-0.05, 0) is 72.3 Å². The molecule has 190 valence electrons. The largest absolute Gasteiger partial charge is 0.496 e. The Morgan fingerprint density at radius 2 is 1.87 bits per heavy atom. The molecule has 0 atom stereocenters. The molecule has 9 nitrogen and oxygen atoms in total. The van der Waals surface area contributed by atoms with Crippen molar-refractivity contribution in [3.63, 3.8) is 0 Å². The Morgan fingerprint density at radius 1 is 1.03 bits per heavy atom. The first-order chi connectivity index (χ1) is 18.6. The van der Waals surface area contributed by atoms with Crippen LogP contribution in [0.15, 0.2) is 104 Å². The zero-order valence-electron chi connectivity index (χ0n) is 20.2. The Kier molecular flexibility index (Phi) is 7.51. The minimum absolute atomic E-state index is 0.202. The highest BCUT2D eigenvalue weighted by atomic mass is 32.2. The van der Waals surface area contributed by atoms with E-state index in [1.807, 2.05) is 42.5 Å². The number of ether oxygens (including phenoxy) is 1. The van der Waals surface area contributed by atoms with Crippen molar-refractivity contribution in [3.05, 3.63) is 108 Å². The summed E-state index contributed by atoms with van der Waals surface area (Å²) in [5, 5.41) is 7.36. The first-order valence-electron chi connectivity index (χ1n) is 11.5. The molecule has 0 fully saturated rings. The summed E-state index contributed by atoms with van der Waals surface area (Å²) in [5.41, 5.74) is 6.72. The van der Waals surface area contributed by atoms with E-state index in [1.54, 1.807) is 49.7 Å². The van der Waals surface area contributed by atoms with Crippen LogP contribution in [0.3, 0.4) is 0 Å². The lowest BCUT2D eigenvalue weighted by atomic mass is 10.1. The predicted octanol–water partition coefficient (Wildman–Crippen LogP) is 5.74. The summed E-state index contributed by atoms with van der Waals surface area (Å²) < 4.78 is 16.3. The number of carbonyl (C=O) groups is 2. The highest BCUT2D eigenvalue weighted by molar-refractivity contribution is 7.98. The smallest absolute Gasteiger partial charge is 0.291 e. The van der Waals surface area contributed by atoms with Crippen LogP contribution in [0.2, 0.25) is 0 Å². The van der Waals surface area contributed by atoms with E-state index in [0.717, 1.165) is 28.0 Å². The van der Waals surface area contributed by atoms with E-state index in [9.17, 15) is 9.59 Å². The second-order valence-electron chi connectivity index (χ2n) is 8.02. The highest BCUT2D eigenvalue weighted by Gasteiger charge is 2.11. The van der Waals surface area contributed by atoms with Crippen LogP contribution >= 0.6 is 11.8 Å². The van der Waals surface area contributed by atoms with E-state index < -0.39 is 0 Å². The number of carbonyl (C=O) groups excluding carboxylic acids is 2. The Bertz CT molecular complexity index is 1560. The highest BCUT2D eigenvalue weighted by Crippen LogP contribution is 2.30. The first kappa shape index (κ1) is 24.8. The topological polar surface area (TPSA) is 119 Å². The first-order valence-corrected chi connectivity index (χ1v) is 12.5. The van der Waals surface area contributed by atoms with Crippen molar-refractivity contribution in [2.24, 2.45) is 5.10 Å². The third-order valence-electron chi connectivity index (χ3n) is 5.46. The van der Waals surface area contributed by atoms with Crippen LogP contribution in [-0.4, -0.2) is 30.1 Å². The lowest BCUT2D eigenvalue weighted by molar-refractivity contribution is 0.0954. The van der Waals surface area contributed by atoms with Gasteiger partial charge >= 0.3 is 0 Å². The summed E-state index contributed by atoms with van der Waals surface area (Å²) in [4.78, 5) is 29.0. The summed E-state index contributed by atoms with van der Waals surface area (Å²) in [5.74, 6) is 0.752. The van der Waals surface area contributed by atoms with Gasteiger partial charge in [0.1, 0.15) is 11.3 Å². The Labute approximate surface area is 221 Å². The number of hydrogen-bond donors (Lipinski definition) is 2. The summed E-state index contributed by atoms with van der Waals surface area (Å²) in [6, 6.07) is 22.9. The fourth-order valence-corrected chi connectivity index (χ4v) is 4.40. The molecule has 3 aromatic carbocycles. The maximum atomic E-state index is 12.5. The lowest BCUT2D eigenvalue weighted by Gasteiger charge is -2.08. The van der Waals surface area contributed by atoms with Gasteiger partial charge in [-0.1, -0.05) is 23.9 Å². The molecule has 0 saturated carbocycles. The van der Waals surface area contributed by atoms with E-state index in [0.29, 0.717) is 22.2 Å². The minimum atomic E-state index is -0.384. The fraction of sp³-hybridized carbons (Fsp3) is 0.0714. The maximum absolute atomic E-state index is 12.5.